The van der Waals surface area contributed by atoms with Crippen LogP contribution in [-0.4, -0.2) is 0 Å². The Morgan fingerprint density at radius 3 is 1.72 bits per heavy atom. The Hall–Kier alpha value is -5.80. The van der Waals surface area contributed by atoms with Crippen LogP contribution in [0.15, 0.2) is 160 Å². The second-order valence-corrected chi connectivity index (χ2v) is 10.9. The van der Waals surface area contributed by atoms with Gasteiger partial charge in [-0.3, -0.25) is 0 Å². The van der Waals surface area contributed by atoms with Gasteiger partial charge >= 0.3 is 0 Å². The summed E-state index contributed by atoms with van der Waals surface area (Å²) < 4.78 is 13.0. The molecule has 9 rings (SSSR count). The summed E-state index contributed by atoms with van der Waals surface area (Å²) in [6.45, 7) is 0. The van der Waals surface area contributed by atoms with Crippen LogP contribution in [0.2, 0.25) is 0 Å². The highest BCUT2D eigenvalue weighted by atomic mass is 16.3. The highest BCUT2D eigenvalue weighted by molar-refractivity contribution is 6.16. The van der Waals surface area contributed by atoms with Crippen molar-refractivity contribution in [2.45, 2.75) is 0 Å². The number of hydrogen-bond donors (Lipinski definition) is 0. The summed E-state index contributed by atoms with van der Waals surface area (Å²) in [5, 5.41) is 6.68. The Morgan fingerprint density at radius 1 is 0.372 bits per heavy atom. The summed E-state index contributed by atoms with van der Waals surface area (Å²) in [6.07, 6.45) is 0. The first-order valence-corrected chi connectivity index (χ1v) is 14.5. The molecule has 0 aliphatic heterocycles. The van der Waals surface area contributed by atoms with E-state index in [1.165, 1.54) is 11.1 Å². The Morgan fingerprint density at radius 2 is 0.953 bits per heavy atom. The molecule has 0 aliphatic carbocycles. The van der Waals surface area contributed by atoms with Gasteiger partial charge in [0.25, 0.3) is 0 Å². The fourth-order valence-electron chi connectivity index (χ4n) is 6.40. The molecule has 3 nitrogen and oxygen atoms in total. The molecular formula is C40H25NO2. The molecule has 0 amide bonds. The lowest BCUT2D eigenvalue weighted by molar-refractivity contribution is 0.669. The van der Waals surface area contributed by atoms with Crippen molar-refractivity contribution >= 4 is 71.7 Å². The average Bonchev–Trinajstić information content (AvgIpc) is 3.65. The molecule has 2 aromatic heterocycles. The number of furan rings is 2. The zero-order chi connectivity index (χ0) is 28.3. The highest BCUT2D eigenvalue weighted by Gasteiger charge is 2.20. The summed E-state index contributed by atoms with van der Waals surface area (Å²) in [5.41, 5.74) is 8.97. The van der Waals surface area contributed by atoms with Crippen molar-refractivity contribution in [2.75, 3.05) is 4.90 Å². The van der Waals surface area contributed by atoms with E-state index in [1.807, 2.05) is 30.3 Å². The van der Waals surface area contributed by atoms with Crippen molar-refractivity contribution in [3.8, 4) is 11.1 Å². The molecule has 0 aliphatic rings. The summed E-state index contributed by atoms with van der Waals surface area (Å²) in [4.78, 5) is 2.29. The average molecular weight is 552 g/mol. The van der Waals surface area contributed by atoms with Gasteiger partial charge in [-0.05, 0) is 65.0 Å². The van der Waals surface area contributed by atoms with Crippen molar-refractivity contribution in [1.29, 1.82) is 0 Å². The minimum absolute atomic E-state index is 0.859. The van der Waals surface area contributed by atoms with E-state index >= 15 is 0 Å². The molecule has 0 fully saturated rings. The van der Waals surface area contributed by atoms with Gasteiger partial charge in [0, 0.05) is 38.3 Å². The number of rotatable bonds is 4. The van der Waals surface area contributed by atoms with Crippen LogP contribution in [-0.2, 0) is 0 Å². The van der Waals surface area contributed by atoms with Crippen molar-refractivity contribution < 1.29 is 8.83 Å². The first-order valence-electron chi connectivity index (χ1n) is 14.5. The lowest BCUT2D eigenvalue weighted by Crippen LogP contribution is -2.10. The van der Waals surface area contributed by atoms with Gasteiger partial charge in [-0.25, -0.2) is 0 Å². The Labute approximate surface area is 247 Å². The number of fused-ring (bicyclic) bond motifs is 8. The van der Waals surface area contributed by atoms with E-state index in [0.29, 0.717) is 0 Å². The standard InChI is InChI=1S/C40H25NO2/c1-2-9-26(10-3-1)27-17-21-29(22-18-27)41(36-14-8-13-33-31-11-4-7-16-38(31)43-40(33)36)30-23-19-28-20-24-34-32-12-5-6-15-37(32)42-39(34)35(28)25-30/h1-25H. The van der Waals surface area contributed by atoms with Gasteiger partial charge in [0.1, 0.15) is 16.7 Å². The fraction of sp³-hybridized carbons (Fsp3) is 0. The molecule has 3 heteroatoms. The second-order valence-electron chi connectivity index (χ2n) is 10.9. The minimum atomic E-state index is 0.859. The lowest BCUT2D eigenvalue weighted by atomic mass is 10.0. The third-order valence-electron chi connectivity index (χ3n) is 8.46. The van der Waals surface area contributed by atoms with Crippen LogP contribution >= 0.6 is 0 Å². The molecule has 0 radical (unpaired) electrons. The molecule has 0 unspecified atom stereocenters. The topological polar surface area (TPSA) is 29.5 Å². The largest absolute Gasteiger partial charge is 0.455 e. The molecule has 2 heterocycles. The fourth-order valence-corrected chi connectivity index (χ4v) is 6.40. The van der Waals surface area contributed by atoms with Crippen LogP contribution < -0.4 is 4.90 Å². The van der Waals surface area contributed by atoms with Gasteiger partial charge in [-0.2, -0.15) is 0 Å². The lowest BCUT2D eigenvalue weighted by Gasteiger charge is -2.26. The molecular weight excluding hydrogens is 526 g/mol. The van der Waals surface area contributed by atoms with Gasteiger partial charge in [-0.1, -0.05) is 103 Å². The molecule has 0 saturated heterocycles. The molecule has 0 N–H and O–H groups in total. The molecule has 9 aromatic rings. The van der Waals surface area contributed by atoms with Crippen LogP contribution in [0.1, 0.15) is 0 Å². The minimum Gasteiger partial charge on any atom is -0.455 e. The smallest absolute Gasteiger partial charge is 0.159 e. The van der Waals surface area contributed by atoms with Crippen LogP contribution in [0.5, 0.6) is 0 Å². The summed E-state index contributed by atoms with van der Waals surface area (Å²) in [7, 11) is 0. The van der Waals surface area contributed by atoms with E-state index in [9.17, 15) is 0 Å². The molecule has 0 saturated carbocycles. The normalized spacial score (nSPS) is 11.7. The predicted octanol–water partition coefficient (Wildman–Crippen LogP) is 11.8. The van der Waals surface area contributed by atoms with Crippen molar-refractivity contribution in [1.82, 2.24) is 0 Å². The van der Waals surface area contributed by atoms with E-state index in [-0.39, 0.29) is 0 Å². The van der Waals surface area contributed by atoms with E-state index in [4.69, 9.17) is 8.83 Å². The van der Waals surface area contributed by atoms with E-state index < -0.39 is 0 Å². The number of hydrogen-bond acceptors (Lipinski definition) is 3. The molecule has 43 heavy (non-hydrogen) atoms. The van der Waals surface area contributed by atoms with Crippen molar-refractivity contribution in [2.24, 2.45) is 0 Å². The maximum Gasteiger partial charge on any atom is 0.159 e. The summed E-state index contributed by atoms with van der Waals surface area (Å²) >= 11 is 0. The van der Waals surface area contributed by atoms with Gasteiger partial charge < -0.3 is 13.7 Å². The maximum atomic E-state index is 6.54. The van der Waals surface area contributed by atoms with E-state index in [1.54, 1.807) is 0 Å². The van der Waals surface area contributed by atoms with Gasteiger partial charge in [0.05, 0.1) is 5.69 Å². The first kappa shape index (κ1) is 23.9. The Bertz CT molecular complexity index is 2450. The van der Waals surface area contributed by atoms with Crippen LogP contribution in [0, 0.1) is 0 Å². The Balaban J connectivity index is 1.30. The number of nitrogens with zero attached hydrogens (tertiary/aromatic N) is 1. The molecule has 0 bridgehead atoms. The van der Waals surface area contributed by atoms with E-state index in [0.717, 1.165) is 71.7 Å². The van der Waals surface area contributed by atoms with Crippen LogP contribution in [0.4, 0.5) is 17.1 Å². The quantitative estimate of drug-likeness (QED) is 0.218. The van der Waals surface area contributed by atoms with Gasteiger partial charge in [0.15, 0.2) is 5.58 Å². The summed E-state index contributed by atoms with van der Waals surface area (Å²) in [5.74, 6) is 0. The number of para-hydroxylation sites is 3. The highest BCUT2D eigenvalue weighted by Crippen LogP contribution is 2.44. The van der Waals surface area contributed by atoms with Crippen molar-refractivity contribution in [3.63, 3.8) is 0 Å². The summed E-state index contributed by atoms with van der Waals surface area (Å²) in [6, 6.07) is 53.1. The zero-order valence-electron chi connectivity index (χ0n) is 23.2. The molecule has 7 aromatic carbocycles. The predicted molar refractivity (Wildman–Crippen MR) is 179 cm³/mol. The van der Waals surface area contributed by atoms with Crippen molar-refractivity contribution in [3.05, 3.63) is 152 Å². The molecule has 0 spiro atoms. The third-order valence-corrected chi connectivity index (χ3v) is 8.46. The first-order chi connectivity index (χ1) is 21.3. The van der Waals surface area contributed by atoms with Gasteiger partial charge in [-0.15, -0.1) is 0 Å². The monoisotopic (exact) mass is 551 g/mol. The van der Waals surface area contributed by atoms with Crippen LogP contribution in [0.25, 0.3) is 65.8 Å². The molecule has 202 valence electrons. The SMILES string of the molecule is c1ccc(-c2ccc(N(c3ccc4ccc5c6ccccc6oc5c4c3)c3cccc4c3oc3ccccc34)cc2)cc1. The number of anilines is 3. The van der Waals surface area contributed by atoms with E-state index in [2.05, 4.69) is 126 Å². The second kappa shape index (κ2) is 9.37. The Kier molecular flexibility index (Phi) is 5.20. The van der Waals surface area contributed by atoms with Crippen LogP contribution in [0.3, 0.4) is 0 Å². The zero-order valence-corrected chi connectivity index (χ0v) is 23.2. The molecule has 0 atom stereocenters. The third kappa shape index (κ3) is 3.75. The van der Waals surface area contributed by atoms with Gasteiger partial charge in [0.2, 0.25) is 0 Å². The maximum absolute atomic E-state index is 6.54. The number of benzene rings is 7.